The van der Waals surface area contributed by atoms with Crippen LogP contribution < -0.4 is 10.2 Å². The van der Waals surface area contributed by atoms with Gasteiger partial charge in [0.15, 0.2) is 5.78 Å². The molecule has 2 N–H and O–H groups in total. The van der Waals surface area contributed by atoms with Crippen LogP contribution in [0.1, 0.15) is 52.4 Å². The van der Waals surface area contributed by atoms with Crippen LogP contribution in [0, 0.1) is 12.3 Å². The van der Waals surface area contributed by atoms with E-state index in [-0.39, 0.29) is 17.1 Å². The molecule has 1 amide bonds. The average Bonchev–Trinajstić information content (AvgIpc) is 2.98. The van der Waals surface area contributed by atoms with Crippen molar-refractivity contribution in [3.05, 3.63) is 40.8 Å². The lowest BCUT2D eigenvalue weighted by Crippen LogP contribution is -2.36. The zero-order chi connectivity index (χ0) is 19.9. The number of H-pyrrole nitrogens is 1. The number of pyridine rings is 1. The predicted molar refractivity (Wildman–Crippen MR) is 107 cm³/mol. The number of hydrogen-bond acceptors (Lipinski definition) is 5. The van der Waals surface area contributed by atoms with Crippen molar-refractivity contribution in [3.8, 4) is 0 Å². The standard InChI is InChI=1S/C21H26N4O3/c1-13-18-15(10-21(2,3)11-16(18)26)23-19(13)20(27)24-17-5-4-14(12-22-17)25-6-8-28-9-7-25/h4-5,12,23H,6-11H2,1-3H3,(H,22,24,27). The molecule has 1 saturated heterocycles. The Hall–Kier alpha value is -2.67. The first-order valence-corrected chi connectivity index (χ1v) is 9.69. The number of ether oxygens (including phenoxy) is 1. The predicted octanol–water partition coefficient (Wildman–Crippen LogP) is 2.96. The number of ketones is 1. The minimum atomic E-state index is -0.274. The summed E-state index contributed by atoms with van der Waals surface area (Å²) >= 11 is 0. The lowest BCUT2D eigenvalue weighted by molar-refractivity contribution is 0.0910. The molecule has 3 heterocycles. The van der Waals surface area contributed by atoms with Crippen LogP contribution in [0.25, 0.3) is 0 Å². The molecule has 28 heavy (non-hydrogen) atoms. The van der Waals surface area contributed by atoms with Crippen LogP contribution in [0.15, 0.2) is 18.3 Å². The Labute approximate surface area is 164 Å². The number of fused-ring (bicyclic) bond motifs is 1. The highest BCUT2D eigenvalue weighted by Crippen LogP contribution is 2.36. The van der Waals surface area contributed by atoms with Crippen molar-refractivity contribution >= 4 is 23.2 Å². The average molecular weight is 382 g/mol. The molecule has 7 nitrogen and oxygen atoms in total. The second-order valence-electron chi connectivity index (χ2n) is 8.37. The number of Topliss-reactive ketones (excluding diaryl/α,β-unsaturated/α-hetero) is 1. The van der Waals surface area contributed by atoms with E-state index >= 15 is 0 Å². The van der Waals surface area contributed by atoms with Crippen molar-refractivity contribution in [3.63, 3.8) is 0 Å². The zero-order valence-corrected chi connectivity index (χ0v) is 16.6. The molecule has 2 aromatic heterocycles. The first-order valence-electron chi connectivity index (χ1n) is 9.69. The van der Waals surface area contributed by atoms with Crippen molar-refractivity contribution in [1.82, 2.24) is 9.97 Å². The largest absolute Gasteiger partial charge is 0.378 e. The van der Waals surface area contributed by atoms with Crippen LogP contribution in [0.5, 0.6) is 0 Å². The van der Waals surface area contributed by atoms with Crippen molar-refractivity contribution in [1.29, 1.82) is 0 Å². The number of carbonyl (C=O) groups excluding carboxylic acids is 2. The molecule has 148 valence electrons. The van der Waals surface area contributed by atoms with E-state index in [0.29, 0.717) is 36.7 Å². The van der Waals surface area contributed by atoms with Gasteiger partial charge in [-0.15, -0.1) is 0 Å². The summed E-state index contributed by atoms with van der Waals surface area (Å²) in [5, 5.41) is 2.84. The number of nitrogens with one attached hydrogen (secondary N) is 2. The van der Waals surface area contributed by atoms with Crippen LogP contribution in [0.4, 0.5) is 11.5 Å². The maximum Gasteiger partial charge on any atom is 0.273 e. The molecule has 0 bridgehead atoms. The van der Waals surface area contributed by atoms with Gasteiger partial charge in [0.25, 0.3) is 5.91 Å². The first kappa shape index (κ1) is 18.7. The van der Waals surface area contributed by atoms with Crippen LogP contribution in [-0.2, 0) is 11.2 Å². The fourth-order valence-electron chi connectivity index (χ4n) is 4.11. The summed E-state index contributed by atoms with van der Waals surface area (Å²) in [7, 11) is 0. The van der Waals surface area contributed by atoms with E-state index in [9.17, 15) is 9.59 Å². The number of nitrogens with zero attached hydrogens (tertiary/aromatic N) is 2. The Morgan fingerprint density at radius 3 is 2.68 bits per heavy atom. The third-order valence-electron chi connectivity index (χ3n) is 5.49. The Balaban J connectivity index is 1.51. The molecule has 0 radical (unpaired) electrons. The fraction of sp³-hybridized carbons (Fsp3) is 0.476. The summed E-state index contributed by atoms with van der Waals surface area (Å²) in [5.74, 6) is 0.316. The number of anilines is 2. The van der Waals surface area contributed by atoms with E-state index in [1.54, 1.807) is 12.3 Å². The molecule has 2 aromatic rings. The molecule has 0 saturated carbocycles. The van der Waals surface area contributed by atoms with Crippen LogP contribution >= 0.6 is 0 Å². The smallest absolute Gasteiger partial charge is 0.273 e. The van der Waals surface area contributed by atoms with E-state index < -0.39 is 0 Å². The van der Waals surface area contributed by atoms with Crippen molar-refractivity contribution < 1.29 is 14.3 Å². The summed E-state index contributed by atoms with van der Waals surface area (Å²) in [5.41, 5.74) is 3.62. The van der Waals surface area contributed by atoms with Gasteiger partial charge in [-0.3, -0.25) is 9.59 Å². The van der Waals surface area contributed by atoms with Crippen molar-refractivity contribution in [2.24, 2.45) is 5.41 Å². The minimum absolute atomic E-state index is 0.0913. The molecular formula is C21H26N4O3. The Morgan fingerprint density at radius 2 is 2.00 bits per heavy atom. The highest BCUT2D eigenvalue weighted by atomic mass is 16.5. The maximum absolute atomic E-state index is 12.8. The highest BCUT2D eigenvalue weighted by Gasteiger charge is 2.35. The summed E-state index contributed by atoms with van der Waals surface area (Å²) in [4.78, 5) is 35.1. The fourth-order valence-corrected chi connectivity index (χ4v) is 4.11. The number of aromatic nitrogens is 2. The summed E-state index contributed by atoms with van der Waals surface area (Å²) < 4.78 is 5.37. The Morgan fingerprint density at radius 1 is 1.25 bits per heavy atom. The van der Waals surface area contributed by atoms with Gasteiger partial charge in [-0.05, 0) is 36.5 Å². The highest BCUT2D eigenvalue weighted by molar-refractivity contribution is 6.08. The van der Waals surface area contributed by atoms with Gasteiger partial charge < -0.3 is 19.9 Å². The molecule has 0 unspecified atom stereocenters. The molecule has 0 spiro atoms. The van der Waals surface area contributed by atoms with Gasteiger partial charge in [0.1, 0.15) is 11.5 Å². The van der Waals surface area contributed by atoms with Gasteiger partial charge in [0.2, 0.25) is 0 Å². The van der Waals surface area contributed by atoms with Gasteiger partial charge in [0.05, 0.1) is 25.1 Å². The van der Waals surface area contributed by atoms with Gasteiger partial charge >= 0.3 is 0 Å². The van der Waals surface area contributed by atoms with Gasteiger partial charge in [-0.2, -0.15) is 0 Å². The molecule has 1 fully saturated rings. The Bertz CT molecular complexity index is 908. The zero-order valence-electron chi connectivity index (χ0n) is 16.6. The molecule has 7 heteroatoms. The monoisotopic (exact) mass is 382 g/mol. The summed E-state index contributed by atoms with van der Waals surface area (Å²) in [6.07, 6.45) is 3.03. The maximum atomic E-state index is 12.8. The Kier molecular flexibility index (Phi) is 4.71. The van der Waals surface area contributed by atoms with Crippen molar-refractivity contribution in [2.75, 3.05) is 36.5 Å². The lowest BCUT2D eigenvalue weighted by atomic mass is 9.75. The topological polar surface area (TPSA) is 87.3 Å². The van der Waals surface area contributed by atoms with Crippen LogP contribution in [0.2, 0.25) is 0 Å². The van der Waals surface area contributed by atoms with Gasteiger partial charge in [-0.25, -0.2) is 4.98 Å². The number of amides is 1. The quantitative estimate of drug-likeness (QED) is 0.852. The summed E-state index contributed by atoms with van der Waals surface area (Å²) in [6.45, 7) is 9.08. The molecular weight excluding hydrogens is 356 g/mol. The van der Waals surface area contributed by atoms with E-state index in [4.69, 9.17) is 4.74 Å². The summed E-state index contributed by atoms with van der Waals surface area (Å²) in [6, 6.07) is 3.75. The molecule has 0 atom stereocenters. The van der Waals surface area contributed by atoms with Crippen LogP contribution in [0.3, 0.4) is 0 Å². The second kappa shape index (κ2) is 7.05. The minimum Gasteiger partial charge on any atom is -0.378 e. The third-order valence-corrected chi connectivity index (χ3v) is 5.49. The number of carbonyl (C=O) groups is 2. The molecule has 2 aliphatic rings. The number of morpholine rings is 1. The molecule has 0 aromatic carbocycles. The molecule has 1 aliphatic heterocycles. The molecule has 1 aliphatic carbocycles. The van der Waals surface area contributed by atoms with Gasteiger partial charge in [0, 0.05) is 30.8 Å². The van der Waals surface area contributed by atoms with E-state index in [2.05, 4.69) is 34.0 Å². The first-order chi connectivity index (χ1) is 13.3. The third kappa shape index (κ3) is 3.54. The van der Waals surface area contributed by atoms with Gasteiger partial charge in [-0.1, -0.05) is 13.8 Å². The van der Waals surface area contributed by atoms with Crippen LogP contribution in [-0.4, -0.2) is 48.0 Å². The normalized spacial score (nSPS) is 18.7. The number of aromatic amines is 1. The number of rotatable bonds is 3. The van der Waals surface area contributed by atoms with E-state index in [1.165, 1.54) is 0 Å². The second-order valence-corrected chi connectivity index (χ2v) is 8.37. The van der Waals surface area contributed by atoms with Crippen molar-refractivity contribution in [2.45, 2.75) is 33.6 Å². The van der Waals surface area contributed by atoms with E-state index in [1.807, 2.05) is 13.0 Å². The molecule has 4 rings (SSSR count). The number of hydrogen-bond donors (Lipinski definition) is 2. The van der Waals surface area contributed by atoms with E-state index in [0.717, 1.165) is 36.5 Å². The SMILES string of the molecule is Cc1c(C(=O)Nc2ccc(N3CCOCC3)cn2)[nH]c2c1C(=O)CC(C)(C)C2. The lowest BCUT2D eigenvalue weighted by Gasteiger charge is -2.28.